The number of nitrogens with one attached hydrogen (secondary N) is 2. The SMILES string of the molecule is C(=N\N(c1ccccc1)c1nn[nH]n1)/c1ccc2[nH]c3ccccc3c2c1. The van der Waals surface area contributed by atoms with E-state index in [9.17, 15) is 0 Å². The second-order valence-corrected chi connectivity index (χ2v) is 6.08. The number of tetrazole rings is 1. The van der Waals surface area contributed by atoms with Gasteiger partial charge in [0.05, 0.1) is 11.9 Å². The van der Waals surface area contributed by atoms with Gasteiger partial charge in [-0.15, -0.1) is 5.10 Å². The molecule has 0 spiro atoms. The molecule has 5 rings (SSSR count). The zero-order chi connectivity index (χ0) is 18.1. The highest BCUT2D eigenvalue weighted by Crippen LogP contribution is 2.26. The van der Waals surface area contributed by atoms with Gasteiger partial charge in [0.1, 0.15) is 0 Å². The number of aromatic amines is 2. The number of hydrazone groups is 1. The minimum absolute atomic E-state index is 0.380. The Morgan fingerprint density at radius 3 is 2.52 bits per heavy atom. The van der Waals surface area contributed by atoms with Gasteiger partial charge in [0.2, 0.25) is 0 Å². The number of para-hydroxylation sites is 2. The van der Waals surface area contributed by atoms with Crippen molar-refractivity contribution in [1.82, 2.24) is 25.6 Å². The minimum atomic E-state index is 0.380. The number of aromatic nitrogens is 5. The monoisotopic (exact) mass is 353 g/mol. The third-order valence-corrected chi connectivity index (χ3v) is 4.38. The van der Waals surface area contributed by atoms with Gasteiger partial charge in [-0.25, -0.2) is 0 Å². The number of rotatable bonds is 4. The van der Waals surface area contributed by atoms with Crippen molar-refractivity contribution < 1.29 is 0 Å². The number of hydrogen-bond acceptors (Lipinski definition) is 5. The van der Waals surface area contributed by atoms with Gasteiger partial charge >= 0.3 is 0 Å². The van der Waals surface area contributed by atoms with E-state index in [1.807, 2.05) is 48.5 Å². The fourth-order valence-electron chi connectivity index (χ4n) is 3.12. The molecule has 0 amide bonds. The molecule has 0 aliphatic heterocycles. The van der Waals surface area contributed by atoms with Crippen molar-refractivity contribution in [3.8, 4) is 0 Å². The van der Waals surface area contributed by atoms with Gasteiger partial charge in [-0.05, 0) is 41.1 Å². The Morgan fingerprint density at radius 1 is 0.852 bits per heavy atom. The quantitative estimate of drug-likeness (QED) is 0.378. The zero-order valence-electron chi connectivity index (χ0n) is 14.2. The summed E-state index contributed by atoms with van der Waals surface area (Å²) in [5.74, 6) is 0.380. The predicted octanol–water partition coefficient (Wildman–Crippen LogP) is 4.01. The number of hydrogen-bond donors (Lipinski definition) is 2. The molecule has 0 bridgehead atoms. The highest BCUT2D eigenvalue weighted by molar-refractivity contribution is 6.08. The molecule has 0 unspecified atom stereocenters. The molecule has 0 aliphatic rings. The van der Waals surface area contributed by atoms with Crippen LogP contribution in [0.2, 0.25) is 0 Å². The van der Waals surface area contributed by atoms with Crippen LogP contribution in [0, 0.1) is 0 Å². The van der Waals surface area contributed by atoms with Crippen molar-refractivity contribution in [2.45, 2.75) is 0 Å². The summed E-state index contributed by atoms with van der Waals surface area (Å²) < 4.78 is 0. The van der Waals surface area contributed by atoms with Crippen LogP contribution in [0.15, 0.2) is 77.9 Å². The summed E-state index contributed by atoms with van der Waals surface area (Å²) >= 11 is 0. The normalized spacial score (nSPS) is 11.6. The Kier molecular flexibility index (Phi) is 3.61. The molecule has 0 fully saturated rings. The number of anilines is 2. The van der Waals surface area contributed by atoms with Gasteiger partial charge in [-0.2, -0.15) is 15.3 Å². The van der Waals surface area contributed by atoms with Crippen LogP contribution in [0.5, 0.6) is 0 Å². The Hall–Kier alpha value is -4.00. The minimum Gasteiger partial charge on any atom is -0.355 e. The largest absolute Gasteiger partial charge is 0.355 e. The maximum absolute atomic E-state index is 4.59. The third kappa shape index (κ3) is 2.81. The fourth-order valence-corrected chi connectivity index (χ4v) is 3.12. The first-order chi connectivity index (χ1) is 13.4. The lowest BCUT2D eigenvalue weighted by Crippen LogP contribution is -2.11. The van der Waals surface area contributed by atoms with Crippen molar-refractivity contribution in [3.63, 3.8) is 0 Å². The van der Waals surface area contributed by atoms with Gasteiger partial charge in [0.25, 0.3) is 5.95 Å². The van der Waals surface area contributed by atoms with Crippen LogP contribution in [0.4, 0.5) is 11.6 Å². The summed E-state index contributed by atoms with van der Waals surface area (Å²) in [5.41, 5.74) is 4.06. The lowest BCUT2D eigenvalue weighted by molar-refractivity contribution is 0.881. The Bertz CT molecular complexity index is 1220. The molecule has 2 aromatic heterocycles. The molecule has 0 aliphatic carbocycles. The van der Waals surface area contributed by atoms with Gasteiger partial charge < -0.3 is 4.98 Å². The van der Waals surface area contributed by atoms with Crippen molar-refractivity contribution >= 4 is 39.7 Å². The highest BCUT2D eigenvalue weighted by atomic mass is 15.6. The van der Waals surface area contributed by atoms with Crippen LogP contribution in [-0.4, -0.2) is 31.8 Å². The molecule has 2 N–H and O–H groups in total. The maximum atomic E-state index is 4.59. The lowest BCUT2D eigenvalue weighted by Gasteiger charge is -2.13. The number of H-pyrrole nitrogens is 2. The van der Waals surface area contributed by atoms with E-state index in [1.54, 1.807) is 11.2 Å². The van der Waals surface area contributed by atoms with E-state index in [1.165, 1.54) is 10.8 Å². The zero-order valence-corrected chi connectivity index (χ0v) is 14.2. The molecular formula is C20H15N7. The number of nitrogens with zero attached hydrogens (tertiary/aromatic N) is 5. The molecule has 0 atom stereocenters. The van der Waals surface area contributed by atoms with Crippen molar-refractivity contribution in [3.05, 3.63) is 78.4 Å². The van der Waals surface area contributed by atoms with Crippen LogP contribution < -0.4 is 5.01 Å². The van der Waals surface area contributed by atoms with E-state index in [4.69, 9.17) is 0 Å². The van der Waals surface area contributed by atoms with Crippen LogP contribution in [-0.2, 0) is 0 Å². The first kappa shape index (κ1) is 15.3. The highest BCUT2D eigenvalue weighted by Gasteiger charge is 2.12. The molecule has 0 radical (unpaired) electrons. The van der Waals surface area contributed by atoms with Gasteiger partial charge in [0.15, 0.2) is 0 Å². The first-order valence-electron chi connectivity index (χ1n) is 8.51. The van der Waals surface area contributed by atoms with Gasteiger partial charge in [0, 0.05) is 21.8 Å². The molecule has 0 saturated heterocycles. The Morgan fingerprint density at radius 2 is 1.67 bits per heavy atom. The second kappa shape index (κ2) is 6.38. The Balaban J connectivity index is 1.56. The summed E-state index contributed by atoms with van der Waals surface area (Å²) in [5, 5.41) is 22.8. The van der Waals surface area contributed by atoms with Crippen molar-refractivity contribution in [2.75, 3.05) is 5.01 Å². The first-order valence-corrected chi connectivity index (χ1v) is 8.51. The van der Waals surface area contributed by atoms with Crippen LogP contribution in [0.3, 0.4) is 0 Å². The summed E-state index contributed by atoms with van der Waals surface area (Å²) in [4.78, 5) is 3.43. The van der Waals surface area contributed by atoms with E-state index in [2.05, 4.69) is 55.0 Å². The van der Waals surface area contributed by atoms with Crippen LogP contribution >= 0.6 is 0 Å². The predicted molar refractivity (Wildman–Crippen MR) is 106 cm³/mol. The smallest absolute Gasteiger partial charge is 0.290 e. The summed E-state index contributed by atoms with van der Waals surface area (Å²) in [7, 11) is 0. The molecule has 7 nitrogen and oxygen atoms in total. The lowest BCUT2D eigenvalue weighted by atomic mass is 10.1. The summed E-state index contributed by atoms with van der Waals surface area (Å²) in [6.07, 6.45) is 1.80. The molecule has 2 heterocycles. The average molecular weight is 353 g/mol. The topological polar surface area (TPSA) is 85.8 Å². The molecular weight excluding hydrogens is 338 g/mol. The molecule has 3 aromatic carbocycles. The standard InChI is InChI=1S/C20H15N7/c1-2-6-15(7-3-1)27(20-23-25-26-24-20)21-13-14-10-11-19-17(12-14)16-8-4-5-9-18(16)22-19/h1-13,22H,(H,23,24,25,26)/b21-13+. The van der Waals surface area contributed by atoms with E-state index >= 15 is 0 Å². The van der Waals surface area contributed by atoms with Crippen molar-refractivity contribution in [2.24, 2.45) is 5.10 Å². The molecule has 0 saturated carbocycles. The molecule has 5 aromatic rings. The molecule has 27 heavy (non-hydrogen) atoms. The molecule has 7 heteroatoms. The van der Waals surface area contributed by atoms with E-state index in [0.717, 1.165) is 22.3 Å². The summed E-state index contributed by atoms with van der Waals surface area (Å²) in [6, 6.07) is 24.2. The fraction of sp³-hybridized carbons (Fsp3) is 0. The second-order valence-electron chi connectivity index (χ2n) is 6.08. The number of fused-ring (bicyclic) bond motifs is 3. The maximum Gasteiger partial charge on any atom is 0.290 e. The number of benzene rings is 3. The van der Waals surface area contributed by atoms with E-state index in [0.29, 0.717) is 5.95 Å². The van der Waals surface area contributed by atoms with E-state index in [-0.39, 0.29) is 0 Å². The summed E-state index contributed by atoms with van der Waals surface area (Å²) in [6.45, 7) is 0. The van der Waals surface area contributed by atoms with Gasteiger partial charge in [-0.3, -0.25) is 0 Å². The average Bonchev–Trinajstić information content (AvgIpc) is 3.37. The van der Waals surface area contributed by atoms with Crippen LogP contribution in [0.1, 0.15) is 5.56 Å². The van der Waals surface area contributed by atoms with Gasteiger partial charge in [-0.1, -0.05) is 47.6 Å². The van der Waals surface area contributed by atoms with Crippen LogP contribution in [0.25, 0.3) is 21.8 Å². The molecule has 130 valence electrons. The third-order valence-electron chi connectivity index (χ3n) is 4.38. The Labute approximate surface area is 154 Å². The van der Waals surface area contributed by atoms with E-state index < -0.39 is 0 Å². The van der Waals surface area contributed by atoms with Crippen molar-refractivity contribution in [1.29, 1.82) is 0 Å².